The van der Waals surface area contributed by atoms with Crippen molar-refractivity contribution in [3.05, 3.63) is 66.1 Å². The fourth-order valence-electron chi connectivity index (χ4n) is 3.95. The number of rotatable bonds is 9. The number of amides is 2. The number of nitrogens with zero attached hydrogens (tertiary/aromatic N) is 3. The number of benzene rings is 2. The number of hydrogen-bond acceptors (Lipinski definition) is 8. The van der Waals surface area contributed by atoms with Crippen molar-refractivity contribution in [2.45, 2.75) is 24.3 Å². The van der Waals surface area contributed by atoms with Crippen molar-refractivity contribution < 1.29 is 28.0 Å². The second-order valence-corrected chi connectivity index (χ2v) is 9.01. The van der Waals surface area contributed by atoms with Gasteiger partial charge in [0.15, 0.2) is 5.82 Å². The van der Waals surface area contributed by atoms with E-state index < -0.39 is 0 Å². The summed E-state index contributed by atoms with van der Waals surface area (Å²) in [5, 5.41) is 7.68. The number of carbonyl (C=O) groups excluding carboxylic acids is 2. The van der Waals surface area contributed by atoms with Crippen LogP contribution in [0.1, 0.15) is 29.0 Å². The lowest BCUT2D eigenvalue weighted by Crippen LogP contribution is -2.23. The third kappa shape index (κ3) is 5.38. The van der Waals surface area contributed by atoms with Gasteiger partial charge in [0.25, 0.3) is 5.91 Å². The maximum Gasteiger partial charge on any atom is 0.257 e. The molecule has 1 fully saturated rings. The van der Waals surface area contributed by atoms with E-state index in [0.29, 0.717) is 59.1 Å². The van der Waals surface area contributed by atoms with E-state index in [2.05, 4.69) is 15.3 Å². The van der Waals surface area contributed by atoms with Gasteiger partial charge in [0, 0.05) is 42.7 Å². The van der Waals surface area contributed by atoms with Crippen LogP contribution in [0.5, 0.6) is 11.5 Å². The molecular formula is C25H24N4O6S. The molecule has 10 nitrogen and oxygen atoms in total. The highest BCUT2D eigenvalue weighted by atomic mass is 32.2. The summed E-state index contributed by atoms with van der Waals surface area (Å²) in [5.41, 5.74) is 0.836. The van der Waals surface area contributed by atoms with Crippen LogP contribution in [0.4, 0.5) is 5.82 Å². The summed E-state index contributed by atoms with van der Waals surface area (Å²) in [6, 6.07) is 14.1. The van der Waals surface area contributed by atoms with Gasteiger partial charge in [-0.3, -0.25) is 14.3 Å². The van der Waals surface area contributed by atoms with E-state index >= 15 is 0 Å². The first-order chi connectivity index (χ1) is 17.5. The minimum Gasteiger partial charge on any atom is -0.459 e. The Hall–Kier alpha value is -3.80. The Kier molecular flexibility index (Phi) is 6.94. The number of anilines is 1. The van der Waals surface area contributed by atoms with Crippen LogP contribution < -0.4 is 10.1 Å². The Balaban J connectivity index is 1.46. The highest BCUT2D eigenvalue weighted by Gasteiger charge is 2.23. The topological polar surface area (TPSA) is 108 Å². The molecular weight excluding hydrogens is 484 g/mol. The lowest BCUT2D eigenvalue weighted by atomic mass is 10.1. The Morgan fingerprint density at radius 2 is 2.03 bits per heavy atom. The molecule has 186 valence electrons. The minimum absolute atomic E-state index is 0.109. The van der Waals surface area contributed by atoms with Crippen LogP contribution in [-0.4, -0.2) is 40.1 Å². The van der Waals surface area contributed by atoms with E-state index in [1.807, 2.05) is 18.2 Å². The number of nitrogens with one attached hydrogen (secondary N) is 1. The van der Waals surface area contributed by atoms with E-state index in [-0.39, 0.29) is 11.8 Å². The Bertz CT molecular complexity index is 1400. The van der Waals surface area contributed by atoms with Gasteiger partial charge in [-0.2, -0.15) is 9.43 Å². The molecule has 0 spiro atoms. The summed E-state index contributed by atoms with van der Waals surface area (Å²) >= 11 is 1.08. The largest absolute Gasteiger partial charge is 0.459 e. The van der Waals surface area contributed by atoms with E-state index in [1.165, 1.54) is 7.11 Å². The second kappa shape index (κ2) is 10.4. The summed E-state index contributed by atoms with van der Waals surface area (Å²) in [4.78, 5) is 32.3. The molecule has 2 amide bonds. The zero-order chi connectivity index (χ0) is 25.1. The van der Waals surface area contributed by atoms with Gasteiger partial charge >= 0.3 is 0 Å². The summed E-state index contributed by atoms with van der Waals surface area (Å²) in [7, 11) is 3.21. The van der Waals surface area contributed by atoms with E-state index in [0.717, 1.165) is 23.4 Å². The standard InChI is InChI=1S/C25H24N4O6S/c1-28-11-9-23(27-28)26-25(31)16-12-21(33-17-5-7-19(8-6-17)36-35-32-2)20-14-18(34-22(20)13-16)15-29-10-3-4-24(29)30/h5-9,11-14H,3-4,10,15H2,1-2H3,(H,26,27,31). The van der Waals surface area contributed by atoms with Gasteiger partial charge in [-0.15, -0.1) is 0 Å². The molecule has 0 unspecified atom stereocenters. The van der Waals surface area contributed by atoms with Crippen molar-refractivity contribution in [1.29, 1.82) is 0 Å². The average Bonchev–Trinajstić information content (AvgIpc) is 3.59. The number of hydrogen-bond donors (Lipinski definition) is 1. The van der Waals surface area contributed by atoms with Crippen molar-refractivity contribution in [1.82, 2.24) is 14.7 Å². The normalized spacial score (nSPS) is 13.5. The monoisotopic (exact) mass is 508 g/mol. The fourth-order valence-corrected chi connectivity index (χ4v) is 4.34. The molecule has 2 aromatic carbocycles. The van der Waals surface area contributed by atoms with Crippen LogP contribution in [0.25, 0.3) is 11.0 Å². The quantitative estimate of drug-likeness (QED) is 0.193. The number of aryl methyl sites for hydroxylation is 1. The first-order valence-corrected chi connectivity index (χ1v) is 12.0. The van der Waals surface area contributed by atoms with Crippen LogP contribution in [-0.2, 0) is 27.6 Å². The van der Waals surface area contributed by atoms with Gasteiger partial charge in [0.2, 0.25) is 5.91 Å². The molecule has 2 aromatic heterocycles. The maximum absolute atomic E-state index is 13.0. The molecule has 1 saturated heterocycles. The molecule has 0 atom stereocenters. The fraction of sp³-hybridized carbons (Fsp3) is 0.240. The van der Waals surface area contributed by atoms with Gasteiger partial charge < -0.3 is 19.4 Å². The minimum atomic E-state index is -0.350. The molecule has 1 aliphatic rings. The van der Waals surface area contributed by atoms with Gasteiger partial charge in [-0.1, -0.05) is 0 Å². The number of ether oxygens (including phenoxy) is 1. The molecule has 11 heteroatoms. The van der Waals surface area contributed by atoms with E-state index in [1.54, 1.807) is 53.2 Å². The van der Waals surface area contributed by atoms with Crippen molar-refractivity contribution in [3.63, 3.8) is 0 Å². The van der Waals surface area contributed by atoms with Crippen molar-refractivity contribution >= 4 is 40.6 Å². The molecule has 5 rings (SSSR count). The van der Waals surface area contributed by atoms with Crippen molar-refractivity contribution in [2.24, 2.45) is 7.05 Å². The SMILES string of the molecule is COOSc1ccc(Oc2cc(C(=O)Nc3ccn(C)n3)cc3oc(CN4CCCC4=O)cc23)cc1. The van der Waals surface area contributed by atoms with Crippen LogP contribution in [0.15, 0.2) is 64.0 Å². The molecule has 4 aromatic rings. The molecule has 36 heavy (non-hydrogen) atoms. The summed E-state index contributed by atoms with van der Waals surface area (Å²) in [6.45, 7) is 1.07. The number of fused-ring (bicyclic) bond motifs is 1. The number of carbonyl (C=O) groups is 2. The van der Waals surface area contributed by atoms with Crippen LogP contribution in [0.2, 0.25) is 0 Å². The number of furan rings is 1. The van der Waals surface area contributed by atoms with Gasteiger partial charge in [-0.25, -0.2) is 4.89 Å². The summed E-state index contributed by atoms with van der Waals surface area (Å²) in [5.74, 6) is 1.84. The van der Waals surface area contributed by atoms with Crippen molar-refractivity contribution in [3.8, 4) is 11.5 Å². The van der Waals surface area contributed by atoms with Crippen molar-refractivity contribution in [2.75, 3.05) is 19.0 Å². The smallest absolute Gasteiger partial charge is 0.257 e. The molecule has 1 aliphatic heterocycles. The predicted molar refractivity (Wildman–Crippen MR) is 132 cm³/mol. The lowest BCUT2D eigenvalue weighted by Gasteiger charge is -2.12. The second-order valence-electron chi connectivity index (χ2n) is 8.24. The van der Waals surface area contributed by atoms with Gasteiger partial charge in [0.1, 0.15) is 22.8 Å². The Morgan fingerprint density at radius 1 is 1.19 bits per heavy atom. The Morgan fingerprint density at radius 3 is 2.72 bits per heavy atom. The molecule has 0 radical (unpaired) electrons. The Labute approximate surface area is 211 Å². The maximum atomic E-state index is 13.0. The first-order valence-electron chi connectivity index (χ1n) is 11.3. The zero-order valence-corrected chi connectivity index (χ0v) is 20.5. The molecule has 0 bridgehead atoms. The predicted octanol–water partition coefficient (Wildman–Crippen LogP) is 4.92. The molecule has 3 heterocycles. The average molecular weight is 509 g/mol. The van der Waals surface area contributed by atoms with Crippen LogP contribution in [0, 0.1) is 0 Å². The number of likely N-dealkylation sites (tertiary alicyclic amines) is 1. The van der Waals surface area contributed by atoms with E-state index in [4.69, 9.17) is 13.5 Å². The van der Waals surface area contributed by atoms with Crippen LogP contribution >= 0.6 is 12.0 Å². The lowest BCUT2D eigenvalue weighted by molar-refractivity contribution is -0.160. The van der Waals surface area contributed by atoms with Crippen LogP contribution in [0.3, 0.4) is 0 Å². The molecule has 1 N–H and O–H groups in total. The highest BCUT2D eigenvalue weighted by Crippen LogP contribution is 2.35. The summed E-state index contributed by atoms with van der Waals surface area (Å²) < 4.78 is 18.7. The first kappa shape index (κ1) is 23.9. The zero-order valence-electron chi connectivity index (χ0n) is 19.7. The van der Waals surface area contributed by atoms with Gasteiger partial charge in [0.05, 0.1) is 31.1 Å². The molecule has 0 aliphatic carbocycles. The third-order valence-electron chi connectivity index (χ3n) is 5.64. The number of aromatic nitrogens is 2. The van der Waals surface area contributed by atoms with Gasteiger partial charge in [-0.05, 0) is 48.9 Å². The van der Waals surface area contributed by atoms with E-state index in [9.17, 15) is 9.59 Å². The third-order valence-corrected chi connectivity index (χ3v) is 6.30. The molecule has 0 saturated carbocycles. The summed E-state index contributed by atoms with van der Waals surface area (Å²) in [6.07, 6.45) is 3.14. The highest BCUT2D eigenvalue weighted by molar-refractivity contribution is 7.94.